The van der Waals surface area contributed by atoms with Crippen LogP contribution in [0.2, 0.25) is 0 Å². The zero-order valence-corrected chi connectivity index (χ0v) is 18.7. The van der Waals surface area contributed by atoms with E-state index >= 15 is 0 Å². The Kier molecular flexibility index (Phi) is 5.44. The average molecular weight is 425 g/mol. The minimum atomic E-state index is 0.300. The first-order valence-electron chi connectivity index (χ1n) is 11.1. The minimum absolute atomic E-state index is 0.300. The molecule has 1 heterocycles. The molecule has 0 fully saturated rings. The van der Waals surface area contributed by atoms with Crippen LogP contribution >= 0.6 is 0 Å². The number of hydrogen-bond acceptors (Lipinski definition) is 4. The molecule has 2 aliphatic rings. The zero-order valence-electron chi connectivity index (χ0n) is 18.7. The van der Waals surface area contributed by atoms with Crippen molar-refractivity contribution in [3.63, 3.8) is 0 Å². The van der Waals surface area contributed by atoms with Crippen LogP contribution in [0, 0.1) is 12.8 Å². The van der Waals surface area contributed by atoms with E-state index in [1.807, 2.05) is 24.4 Å². The Labute approximate surface area is 189 Å². The largest absolute Gasteiger partial charge is 0.493 e. The van der Waals surface area contributed by atoms with Crippen LogP contribution in [0.5, 0.6) is 11.5 Å². The van der Waals surface area contributed by atoms with E-state index in [9.17, 15) is 0 Å². The summed E-state index contributed by atoms with van der Waals surface area (Å²) in [6, 6.07) is 21.4. The van der Waals surface area contributed by atoms with Gasteiger partial charge in [-0.2, -0.15) is 0 Å². The molecule has 0 aromatic heterocycles. The van der Waals surface area contributed by atoms with Crippen molar-refractivity contribution in [2.45, 2.75) is 25.3 Å². The van der Waals surface area contributed by atoms with Crippen molar-refractivity contribution in [3.05, 3.63) is 95.1 Å². The van der Waals surface area contributed by atoms with Gasteiger partial charge in [0.25, 0.3) is 0 Å². The first-order valence-corrected chi connectivity index (χ1v) is 11.1. The number of fused-ring (bicyclic) bond motifs is 3. The van der Waals surface area contributed by atoms with Crippen LogP contribution in [-0.4, -0.2) is 20.4 Å². The topological polar surface area (TPSA) is 42.8 Å². The Morgan fingerprint density at radius 1 is 0.938 bits per heavy atom. The number of anilines is 1. The van der Waals surface area contributed by atoms with E-state index in [1.54, 1.807) is 14.2 Å². The van der Waals surface area contributed by atoms with Crippen LogP contribution in [-0.2, 0) is 0 Å². The number of rotatable bonds is 5. The number of ether oxygens (including phenoxy) is 2. The number of allylic oxidation sites excluding steroid dienone is 2. The molecule has 3 atom stereocenters. The highest BCUT2D eigenvalue weighted by atomic mass is 16.5. The number of benzene rings is 3. The summed E-state index contributed by atoms with van der Waals surface area (Å²) in [6.45, 7) is 2.17. The second kappa shape index (κ2) is 8.54. The number of aliphatic imine (C=N–C) groups is 1. The fraction of sp³-hybridized carbons (Fsp3) is 0.250. The van der Waals surface area contributed by atoms with Gasteiger partial charge in [0.1, 0.15) is 0 Å². The molecule has 1 aliphatic carbocycles. The predicted molar refractivity (Wildman–Crippen MR) is 131 cm³/mol. The number of nitrogens with one attached hydrogen (secondary N) is 1. The van der Waals surface area contributed by atoms with E-state index in [2.05, 4.69) is 71.8 Å². The van der Waals surface area contributed by atoms with Gasteiger partial charge in [0.05, 0.1) is 25.9 Å². The quantitative estimate of drug-likeness (QED) is 0.371. The third-order valence-electron chi connectivity index (χ3n) is 6.54. The molecular formula is C28H28N2O2. The van der Waals surface area contributed by atoms with E-state index in [4.69, 9.17) is 9.47 Å². The van der Waals surface area contributed by atoms with Crippen LogP contribution in [0.4, 0.5) is 11.4 Å². The summed E-state index contributed by atoms with van der Waals surface area (Å²) in [4.78, 5) is 4.65. The van der Waals surface area contributed by atoms with Crippen molar-refractivity contribution in [1.82, 2.24) is 0 Å². The van der Waals surface area contributed by atoms with Crippen LogP contribution in [0.15, 0.2) is 77.8 Å². The predicted octanol–water partition coefficient (Wildman–Crippen LogP) is 6.59. The second-order valence-electron chi connectivity index (χ2n) is 8.53. The molecule has 3 aromatic rings. The Balaban J connectivity index is 1.36. The van der Waals surface area contributed by atoms with Gasteiger partial charge in [0.15, 0.2) is 11.5 Å². The summed E-state index contributed by atoms with van der Waals surface area (Å²) in [7, 11) is 3.28. The van der Waals surface area contributed by atoms with Crippen molar-refractivity contribution >= 4 is 17.6 Å². The third-order valence-corrected chi connectivity index (χ3v) is 6.54. The van der Waals surface area contributed by atoms with Crippen LogP contribution < -0.4 is 14.8 Å². The molecule has 0 saturated heterocycles. The fourth-order valence-corrected chi connectivity index (χ4v) is 4.89. The average Bonchev–Trinajstić information content (AvgIpc) is 3.33. The molecule has 5 rings (SSSR count). The van der Waals surface area contributed by atoms with Gasteiger partial charge < -0.3 is 14.8 Å². The van der Waals surface area contributed by atoms with E-state index < -0.39 is 0 Å². The molecule has 32 heavy (non-hydrogen) atoms. The Hall–Kier alpha value is -3.53. The van der Waals surface area contributed by atoms with Gasteiger partial charge >= 0.3 is 0 Å². The summed E-state index contributed by atoms with van der Waals surface area (Å²) in [5.74, 6) is 2.44. The minimum Gasteiger partial charge on any atom is -0.493 e. The molecule has 162 valence electrons. The van der Waals surface area contributed by atoms with Crippen LogP contribution in [0.25, 0.3) is 0 Å². The molecule has 1 aliphatic heterocycles. The normalized spacial score (nSPS) is 21.2. The Bertz CT molecular complexity index is 1180. The van der Waals surface area contributed by atoms with Crippen molar-refractivity contribution in [2.75, 3.05) is 19.5 Å². The fourth-order valence-electron chi connectivity index (χ4n) is 4.89. The summed E-state index contributed by atoms with van der Waals surface area (Å²) < 4.78 is 10.7. The summed E-state index contributed by atoms with van der Waals surface area (Å²) in [5, 5.41) is 3.81. The molecule has 0 saturated carbocycles. The van der Waals surface area contributed by atoms with Crippen LogP contribution in [0.3, 0.4) is 0 Å². The Morgan fingerprint density at radius 2 is 1.75 bits per heavy atom. The highest BCUT2D eigenvalue weighted by molar-refractivity contribution is 5.83. The van der Waals surface area contributed by atoms with Gasteiger partial charge in [-0.1, -0.05) is 42.0 Å². The van der Waals surface area contributed by atoms with Gasteiger partial charge in [-0.05, 0) is 72.4 Å². The van der Waals surface area contributed by atoms with Gasteiger partial charge in [0, 0.05) is 17.8 Å². The van der Waals surface area contributed by atoms with Crippen molar-refractivity contribution in [1.29, 1.82) is 0 Å². The summed E-state index contributed by atoms with van der Waals surface area (Å²) in [6.07, 6.45) is 7.68. The highest BCUT2D eigenvalue weighted by Crippen LogP contribution is 2.50. The smallest absolute Gasteiger partial charge is 0.161 e. The van der Waals surface area contributed by atoms with E-state index in [0.29, 0.717) is 29.4 Å². The number of aryl methyl sites for hydroxylation is 1. The van der Waals surface area contributed by atoms with Gasteiger partial charge in [-0.15, -0.1) is 0 Å². The van der Waals surface area contributed by atoms with Gasteiger partial charge in [-0.3, -0.25) is 4.99 Å². The van der Waals surface area contributed by atoms with Crippen molar-refractivity contribution in [2.24, 2.45) is 10.9 Å². The Morgan fingerprint density at radius 3 is 2.53 bits per heavy atom. The van der Waals surface area contributed by atoms with E-state index in [0.717, 1.165) is 17.7 Å². The van der Waals surface area contributed by atoms with Crippen LogP contribution in [0.1, 0.15) is 40.6 Å². The van der Waals surface area contributed by atoms with Crippen molar-refractivity contribution < 1.29 is 9.47 Å². The summed E-state index contributed by atoms with van der Waals surface area (Å²) in [5.41, 5.74) is 7.20. The maximum Gasteiger partial charge on any atom is 0.161 e. The lowest BCUT2D eigenvalue weighted by atomic mass is 9.76. The second-order valence-corrected chi connectivity index (χ2v) is 8.53. The molecule has 3 aromatic carbocycles. The number of methoxy groups -OCH3 is 2. The first kappa shape index (κ1) is 20.4. The van der Waals surface area contributed by atoms with Gasteiger partial charge in [-0.25, -0.2) is 0 Å². The monoisotopic (exact) mass is 424 g/mol. The summed E-state index contributed by atoms with van der Waals surface area (Å²) >= 11 is 0. The van der Waals surface area contributed by atoms with E-state index in [1.165, 1.54) is 22.4 Å². The zero-order chi connectivity index (χ0) is 22.1. The lowest BCUT2D eigenvalue weighted by molar-refractivity contribution is 0.355. The molecule has 1 N–H and O–H groups in total. The first-order chi connectivity index (χ1) is 15.7. The number of nitrogens with zero attached hydrogens (tertiary/aromatic N) is 1. The van der Waals surface area contributed by atoms with Gasteiger partial charge in [0.2, 0.25) is 0 Å². The molecule has 0 unspecified atom stereocenters. The number of hydrogen-bond donors (Lipinski definition) is 1. The molecule has 4 nitrogen and oxygen atoms in total. The van der Waals surface area contributed by atoms with E-state index in [-0.39, 0.29) is 0 Å². The van der Waals surface area contributed by atoms with Crippen molar-refractivity contribution in [3.8, 4) is 11.5 Å². The molecular weight excluding hydrogens is 396 g/mol. The molecule has 0 radical (unpaired) electrons. The highest BCUT2D eigenvalue weighted by Gasteiger charge is 2.37. The molecule has 0 amide bonds. The maximum absolute atomic E-state index is 5.38. The maximum atomic E-state index is 5.38. The molecule has 0 bridgehead atoms. The third kappa shape index (κ3) is 3.77. The molecule has 0 spiro atoms. The lowest BCUT2D eigenvalue weighted by Gasteiger charge is -2.37. The lowest BCUT2D eigenvalue weighted by Crippen LogP contribution is -2.29. The standard InChI is InChI=1S/C28H28N2O2/c1-18-7-13-25-24(15-18)22-5-4-6-23(22)28(30-25)20-9-11-21(12-10-20)29-17-19-8-14-26(31-2)27(16-19)32-3/h4-5,7-17,22-23,28,30H,6H2,1-3H3/t22-,23+,28-/m0/s1. The molecule has 4 heteroatoms. The SMILES string of the molecule is COc1ccc(C=Nc2ccc([C@@H]3Nc4ccc(C)cc4[C@H]4C=CC[C@H]43)cc2)cc1OC.